The van der Waals surface area contributed by atoms with E-state index in [2.05, 4.69) is 43.6 Å². The van der Waals surface area contributed by atoms with Crippen LogP contribution in [0.5, 0.6) is 11.5 Å². The van der Waals surface area contributed by atoms with Crippen LogP contribution in [0.25, 0.3) is 0 Å². The number of aromatic nitrogens is 3. The van der Waals surface area contributed by atoms with Crippen molar-refractivity contribution in [3.63, 3.8) is 0 Å². The fraction of sp³-hybridized carbons (Fsp3) is 0.393. The van der Waals surface area contributed by atoms with Crippen LogP contribution in [0.2, 0.25) is 0 Å². The van der Waals surface area contributed by atoms with Crippen molar-refractivity contribution in [1.29, 1.82) is 0 Å². The number of halogens is 1. The number of hydrogen-bond acceptors (Lipinski definition) is 6. The summed E-state index contributed by atoms with van der Waals surface area (Å²) in [5.74, 6) is 1.60. The minimum absolute atomic E-state index is 0.212. The number of hydrogen-bond donors (Lipinski definition) is 2. The van der Waals surface area contributed by atoms with Crippen LogP contribution < -0.4 is 20.1 Å². The Morgan fingerprint density at radius 2 is 2.00 bits per heavy atom. The van der Waals surface area contributed by atoms with E-state index < -0.39 is 6.04 Å². The zero-order valence-corrected chi connectivity index (χ0v) is 23.6. The summed E-state index contributed by atoms with van der Waals surface area (Å²) < 4.78 is 14.3. The molecule has 0 aliphatic carbocycles. The third-order valence-electron chi connectivity index (χ3n) is 6.70. The molecule has 3 aromatic rings. The van der Waals surface area contributed by atoms with Gasteiger partial charge in [-0.25, -0.2) is 4.68 Å². The number of methoxy groups -OCH3 is 1. The molecule has 1 unspecified atom stereocenters. The Labute approximate surface area is 226 Å². The van der Waals surface area contributed by atoms with Crippen LogP contribution >= 0.6 is 15.9 Å². The highest BCUT2D eigenvalue weighted by molar-refractivity contribution is 9.10. The van der Waals surface area contributed by atoms with Crippen LogP contribution in [0.1, 0.15) is 62.3 Å². The molecule has 2 heterocycles. The molecule has 196 valence electrons. The molecule has 0 radical (unpaired) electrons. The predicted octanol–water partition coefficient (Wildman–Crippen LogP) is 6.55. The minimum Gasteiger partial charge on any atom is -0.493 e. The van der Waals surface area contributed by atoms with Gasteiger partial charge in [-0.1, -0.05) is 38.3 Å². The molecule has 8 nitrogen and oxygen atoms in total. The number of fused-ring (bicyclic) bond motifs is 1. The Balaban J connectivity index is 1.70. The van der Waals surface area contributed by atoms with Gasteiger partial charge in [-0.2, -0.15) is 10.1 Å². The fourth-order valence-corrected chi connectivity index (χ4v) is 5.08. The van der Waals surface area contributed by atoms with Crippen molar-refractivity contribution in [1.82, 2.24) is 14.8 Å². The second-order valence-corrected chi connectivity index (χ2v) is 10.1. The molecule has 2 N–H and O–H groups in total. The van der Waals surface area contributed by atoms with Crippen molar-refractivity contribution in [2.45, 2.75) is 59.4 Å². The number of rotatable bonds is 10. The van der Waals surface area contributed by atoms with E-state index in [4.69, 9.17) is 9.47 Å². The number of anilines is 2. The molecular formula is C28H34BrN5O3. The first kappa shape index (κ1) is 26.7. The van der Waals surface area contributed by atoms with Gasteiger partial charge < -0.3 is 20.1 Å². The number of ether oxygens (including phenoxy) is 2. The number of nitrogens with one attached hydrogen (secondary N) is 2. The average molecular weight is 569 g/mol. The Hall–Kier alpha value is -3.33. The molecule has 1 aromatic heterocycles. The molecule has 1 atom stereocenters. The Morgan fingerprint density at radius 1 is 1.19 bits per heavy atom. The number of aryl methyl sites for hydroxylation is 1. The number of carbonyl (C=O) groups is 1. The number of carbonyl (C=O) groups excluding carboxylic acids is 1. The van der Waals surface area contributed by atoms with E-state index in [0.717, 1.165) is 39.7 Å². The predicted molar refractivity (Wildman–Crippen MR) is 149 cm³/mol. The largest absolute Gasteiger partial charge is 0.493 e. The van der Waals surface area contributed by atoms with Gasteiger partial charge in [0.05, 0.1) is 23.8 Å². The third-order valence-corrected chi connectivity index (χ3v) is 7.29. The van der Waals surface area contributed by atoms with Crippen LogP contribution in [0, 0.1) is 13.8 Å². The summed E-state index contributed by atoms with van der Waals surface area (Å²) >= 11 is 3.68. The topological polar surface area (TPSA) is 90.3 Å². The maximum absolute atomic E-state index is 13.8. The highest BCUT2D eigenvalue weighted by Crippen LogP contribution is 2.43. The van der Waals surface area contributed by atoms with E-state index >= 15 is 0 Å². The van der Waals surface area contributed by atoms with Gasteiger partial charge in [0.15, 0.2) is 11.5 Å². The van der Waals surface area contributed by atoms with Crippen molar-refractivity contribution < 1.29 is 14.3 Å². The van der Waals surface area contributed by atoms with Gasteiger partial charge in [0.2, 0.25) is 5.95 Å². The molecule has 0 bridgehead atoms. The van der Waals surface area contributed by atoms with E-state index in [9.17, 15) is 4.79 Å². The third kappa shape index (κ3) is 5.66. The van der Waals surface area contributed by atoms with Crippen LogP contribution in [-0.2, 0) is 4.79 Å². The monoisotopic (exact) mass is 567 g/mol. The van der Waals surface area contributed by atoms with Crippen molar-refractivity contribution in [3.8, 4) is 11.5 Å². The van der Waals surface area contributed by atoms with E-state index in [0.29, 0.717) is 35.3 Å². The Morgan fingerprint density at radius 3 is 2.76 bits per heavy atom. The molecule has 9 heteroatoms. The molecule has 1 aliphatic heterocycles. The standard InChI is InChI=1S/C28H34BrN5O3/c1-6-7-8-9-13-37-26-21(29)14-20(15-23(26)36-5)25-24(19(4)32-28-30-16-31-34(25)28)27(35)33-22-12-10-11-17(2)18(22)3/h10-12,14-16,25H,6-9,13H2,1-5H3,(H,33,35)(H,30,31,32). The molecular weight excluding hydrogens is 534 g/mol. The molecule has 0 saturated carbocycles. The zero-order valence-electron chi connectivity index (χ0n) is 22.0. The second-order valence-electron chi connectivity index (χ2n) is 9.24. The highest BCUT2D eigenvalue weighted by Gasteiger charge is 2.34. The summed E-state index contributed by atoms with van der Waals surface area (Å²) in [6, 6.07) is 9.23. The van der Waals surface area contributed by atoms with E-state index in [1.165, 1.54) is 19.2 Å². The summed E-state index contributed by atoms with van der Waals surface area (Å²) in [7, 11) is 1.62. The second kappa shape index (κ2) is 11.8. The van der Waals surface area contributed by atoms with Gasteiger partial charge in [-0.05, 0) is 78.0 Å². The first-order chi connectivity index (χ1) is 17.8. The van der Waals surface area contributed by atoms with Crippen LogP contribution in [0.4, 0.5) is 11.6 Å². The number of allylic oxidation sites excluding steroid dienone is 1. The lowest BCUT2D eigenvalue weighted by Gasteiger charge is -2.29. The molecule has 1 amide bonds. The van der Waals surface area contributed by atoms with Crippen LogP contribution in [0.15, 0.2) is 52.4 Å². The minimum atomic E-state index is -0.521. The SMILES string of the molecule is CCCCCCOc1c(Br)cc(C2C(C(=O)Nc3cccc(C)c3C)=C(C)Nc3ncnn32)cc1OC. The van der Waals surface area contributed by atoms with Crippen molar-refractivity contribution in [2.75, 3.05) is 24.4 Å². The lowest BCUT2D eigenvalue weighted by atomic mass is 9.94. The van der Waals surface area contributed by atoms with Crippen molar-refractivity contribution >= 4 is 33.5 Å². The summed E-state index contributed by atoms with van der Waals surface area (Å²) in [5.41, 5.74) is 4.99. The number of unbranched alkanes of at least 4 members (excludes halogenated alkanes) is 3. The fourth-order valence-electron chi connectivity index (χ4n) is 4.51. The zero-order chi connectivity index (χ0) is 26.5. The summed E-state index contributed by atoms with van der Waals surface area (Å²) in [6.07, 6.45) is 5.95. The number of benzene rings is 2. The molecule has 0 saturated heterocycles. The molecule has 0 fully saturated rings. The van der Waals surface area contributed by atoms with E-state index in [1.807, 2.05) is 51.1 Å². The molecule has 2 aromatic carbocycles. The number of nitrogens with zero attached hydrogens (tertiary/aromatic N) is 3. The average Bonchev–Trinajstić information content (AvgIpc) is 3.34. The maximum Gasteiger partial charge on any atom is 0.255 e. The van der Waals surface area contributed by atoms with Gasteiger partial charge in [0, 0.05) is 11.4 Å². The lowest BCUT2D eigenvalue weighted by Crippen LogP contribution is -2.31. The van der Waals surface area contributed by atoms with Crippen LogP contribution in [0.3, 0.4) is 0 Å². The van der Waals surface area contributed by atoms with Gasteiger partial charge in [0.1, 0.15) is 12.4 Å². The van der Waals surface area contributed by atoms with Crippen molar-refractivity contribution in [2.24, 2.45) is 0 Å². The lowest BCUT2D eigenvalue weighted by molar-refractivity contribution is -0.113. The quantitative estimate of drug-likeness (QED) is 0.270. The normalized spacial score (nSPS) is 14.7. The highest BCUT2D eigenvalue weighted by atomic mass is 79.9. The molecule has 1 aliphatic rings. The van der Waals surface area contributed by atoms with Crippen LogP contribution in [-0.4, -0.2) is 34.4 Å². The first-order valence-corrected chi connectivity index (χ1v) is 13.4. The van der Waals surface area contributed by atoms with Gasteiger partial charge in [-0.15, -0.1) is 0 Å². The van der Waals surface area contributed by atoms with Crippen molar-refractivity contribution in [3.05, 3.63) is 69.1 Å². The summed E-state index contributed by atoms with van der Waals surface area (Å²) in [4.78, 5) is 18.1. The Kier molecular flexibility index (Phi) is 8.53. The van der Waals surface area contributed by atoms with Gasteiger partial charge in [0.25, 0.3) is 5.91 Å². The molecule has 37 heavy (non-hydrogen) atoms. The smallest absolute Gasteiger partial charge is 0.255 e. The van der Waals surface area contributed by atoms with E-state index in [1.54, 1.807) is 11.8 Å². The molecule has 4 rings (SSSR count). The number of amides is 1. The van der Waals surface area contributed by atoms with E-state index in [-0.39, 0.29) is 5.91 Å². The summed E-state index contributed by atoms with van der Waals surface area (Å²) in [5, 5.41) is 10.8. The molecule has 0 spiro atoms. The van der Waals surface area contributed by atoms with Gasteiger partial charge in [-0.3, -0.25) is 4.79 Å². The summed E-state index contributed by atoms with van der Waals surface area (Å²) in [6.45, 7) is 8.70. The Bertz CT molecular complexity index is 1320. The first-order valence-electron chi connectivity index (χ1n) is 12.6. The van der Waals surface area contributed by atoms with Gasteiger partial charge >= 0.3 is 0 Å². The maximum atomic E-state index is 13.8.